The molecule has 1 N–H and O–H groups in total. The van der Waals surface area contributed by atoms with Gasteiger partial charge in [-0.05, 0) is 18.9 Å². The molecule has 4 rings (SSSR count). The van der Waals surface area contributed by atoms with Crippen LogP contribution in [0.5, 0.6) is 0 Å². The maximum Gasteiger partial charge on any atom is 0.172 e. The Hall–Kier alpha value is -2.34. The molecular weight excluding hydrogens is 334 g/mol. The van der Waals surface area contributed by atoms with Crippen LogP contribution in [-0.2, 0) is 0 Å². The van der Waals surface area contributed by atoms with Crippen molar-refractivity contribution in [2.24, 2.45) is 5.41 Å². The number of fused-ring (bicyclic) bond motifs is 1. The number of rotatable bonds is 4. The van der Waals surface area contributed by atoms with Gasteiger partial charge in [-0.3, -0.25) is 9.59 Å². The zero-order valence-corrected chi connectivity index (χ0v) is 14.9. The van der Waals surface area contributed by atoms with Gasteiger partial charge in [0.15, 0.2) is 17.7 Å². The van der Waals surface area contributed by atoms with Gasteiger partial charge in [0, 0.05) is 22.6 Å². The number of aldehydes is 1. The first kappa shape index (κ1) is 16.1. The molecule has 128 valence electrons. The SMILES string of the molecule is CC1(C(=O)c2c[nH]c3ncc(-c4csc(C=O)c4)nc23)CCCCC1. The van der Waals surface area contributed by atoms with Crippen LogP contribution in [0.1, 0.15) is 59.1 Å². The number of hydrogen-bond acceptors (Lipinski definition) is 5. The van der Waals surface area contributed by atoms with Gasteiger partial charge in [-0.1, -0.05) is 26.2 Å². The Labute approximate surface area is 149 Å². The lowest BCUT2D eigenvalue weighted by atomic mass is 9.71. The quantitative estimate of drug-likeness (QED) is 0.547. The number of hydrogen-bond donors (Lipinski definition) is 1. The predicted molar refractivity (Wildman–Crippen MR) is 98.1 cm³/mol. The first-order valence-corrected chi connectivity index (χ1v) is 9.42. The van der Waals surface area contributed by atoms with E-state index in [1.807, 2.05) is 5.38 Å². The van der Waals surface area contributed by atoms with Crippen molar-refractivity contribution in [3.63, 3.8) is 0 Å². The molecule has 0 saturated heterocycles. The van der Waals surface area contributed by atoms with E-state index in [1.165, 1.54) is 17.8 Å². The number of ketones is 1. The van der Waals surface area contributed by atoms with E-state index in [0.717, 1.165) is 37.5 Å². The molecule has 0 atom stereocenters. The summed E-state index contributed by atoms with van der Waals surface area (Å²) in [6.07, 6.45) is 9.51. The maximum absolute atomic E-state index is 13.2. The number of nitrogens with zero attached hydrogens (tertiary/aromatic N) is 2. The van der Waals surface area contributed by atoms with E-state index in [1.54, 1.807) is 18.5 Å². The average Bonchev–Trinajstić information content (AvgIpc) is 3.28. The van der Waals surface area contributed by atoms with Crippen LogP contribution >= 0.6 is 11.3 Å². The molecule has 25 heavy (non-hydrogen) atoms. The molecule has 1 aliphatic rings. The number of aromatic nitrogens is 3. The summed E-state index contributed by atoms with van der Waals surface area (Å²) in [6, 6.07) is 1.80. The normalized spacial score (nSPS) is 16.8. The molecule has 0 amide bonds. The molecule has 0 aromatic carbocycles. The highest BCUT2D eigenvalue weighted by molar-refractivity contribution is 7.12. The third kappa shape index (κ3) is 2.80. The molecule has 0 unspecified atom stereocenters. The molecule has 1 aliphatic carbocycles. The summed E-state index contributed by atoms with van der Waals surface area (Å²) < 4.78 is 0. The van der Waals surface area contributed by atoms with Crippen LogP contribution in [0.4, 0.5) is 0 Å². The minimum Gasteiger partial charge on any atom is -0.344 e. The van der Waals surface area contributed by atoms with Gasteiger partial charge < -0.3 is 4.98 Å². The van der Waals surface area contributed by atoms with Crippen LogP contribution in [0.15, 0.2) is 23.8 Å². The van der Waals surface area contributed by atoms with Crippen molar-refractivity contribution in [1.29, 1.82) is 0 Å². The minimum atomic E-state index is -0.307. The Morgan fingerprint density at radius 1 is 1.32 bits per heavy atom. The van der Waals surface area contributed by atoms with Crippen molar-refractivity contribution < 1.29 is 9.59 Å². The van der Waals surface area contributed by atoms with Crippen molar-refractivity contribution in [3.05, 3.63) is 34.3 Å². The lowest BCUT2D eigenvalue weighted by Gasteiger charge is -2.31. The van der Waals surface area contributed by atoms with Crippen molar-refractivity contribution in [2.45, 2.75) is 39.0 Å². The lowest BCUT2D eigenvalue weighted by molar-refractivity contribution is 0.0751. The second kappa shape index (κ2) is 6.19. The first-order chi connectivity index (χ1) is 12.1. The fourth-order valence-corrected chi connectivity index (χ4v) is 4.34. The highest BCUT2D eigenvalue weighted by atomic mass is 32.1. The number of carbonyl (C=O) groups is 2. The number of carbonyl (C=O) groups excluding carboxylic acids is 2. The summed E-state index contributed by atoms with van der Waals surface area (Å²) in [5, 5.41) is 1.89. The van der Waals surface area contributed by atoms with E-state index in [0.29, 0.717) is 27.3 Å². The molecule has 1 saturated carbocycles. The molecular formula is C19H19N3O2S. The number of Topliss-reactive ketones (excluding diaryl/α,β-unsaturated/α-hetero) is 1. The fraction of sp³-hybridized carbons (Fsp3) is 0.368. The van der Waals surface area contributed by atoms with Gasteiger partial charge in [-0.15, -0.1) is 11.3 Å². The second-order valence-electron chi connectivity index (χ2n) is 6.96. The van der Waals surface area contributed by atoms with Crippen LogP contribution in [0.2, 0.25) is 0 Å². The maximum atomic E-state index is 13.2. The van der Waals surface area contributed by atoms with Gasteiger partial charge in [0.1, 0.15) is 5.52 Å². The van der Waals surface area contributed by atoms with Gasteiger partial charge in [0.05, 0.1) is 22.3 Å². The summed E-state index contributed by atoms with van der Waals surface area (Å²) >= 11 is 1.37. The molecule has 1 fully saturated rings. The second-order valence-corrected chi connectivity index (χ2v) is 7.90. The van der Waals surface area contributed by atoms with Crippen molar-refractivity contribution in [1.82, 2.24) is 15.0 Å². The Balaban J connectivity index is 1.76. The molecule has 0 radical (unpaired) electrons. The van der Waals surface area contributed by atoms with E-state index >= 15 is 0 Å². The highest BCUT2D eigenvalue weighted by Gasteiger charge is 2.36. The summed E-state index contributed by atoms with van der Waals surface area (Å²) in [6.45, 7) is 2.07. The predicted octanol–water partition coefficient (Wildman–Crippen LogP) is 4.65. The zero-order valence-electron chi connectivity index (χ0n) is 14.0. The Bertz CT molecular complexity index is 951. The Kier molecular flexibility index (Phi) is 4.00. The fourth-order valence-electron chi connectivity index (χ4n) is 3.64. The largest absolute Gasteiger partial charge is 0.344 e. The molecule has 3 aromatic heterocycles. The molecule has 5 nitrogen and oxygen atoms in total. The number of thiophene rings is 1. The third-order valence-electron chi connectivity index (χ3n) is 5.16. The van der Waals surface area contributed by atoms with E-state index in [-0.39, 0.29) is 11.2 Å². The van der Waals surface area contributed by atoms with Crippen molar-refractivity contribution in [2.75, 3.05) is 0 Å². The standard InChI is InChI=1S/C19H19N3O2S/c1-19(5-3-2-4-6-19)17(24)14-8-20-18-16(14)22-15(9-21-18)12-7-13(10-23)25-11-12/h7-11H,2-6H2,1H3,(H,20,21). The lowest BCUT2D eigenvalue weighted by Crippen LogP contribution is -2.30. The minimum absolute atomic E-state index is 0.156. The van der Waals surface area contributed by atoms with E-state index in [4.69, 9.17) is 0 Å². The molecule has 0 spiro atoms. The molecule has 3 heterocycles. The number of nitrogens with one attached hydrogen (secondary N) is 1. The molecule has 6 heteroatoms. The smallest absolute Gasteiger partial charge is 0.172 e. The average molecular weight is 353 g/mol. The van der Waals surface area contributed by atoms with Gasteiger partial charge >= 0.3 is 0 Å². The topological polar surface area (TPSA) is 75.7 Å². The highest BCUT2D eigenvalue weighted by Crippen LogP contribution is 2.39. The Morgan fingerprint density at radius 3 is 2.84 bits per heavy atom. The molecule has 3 aromatic rings. The third-order valence-corrected chi connectivity index (χ3v) is 6.02. The van der Waals surface area contributed by atoms with Crippen LogP contribution in [0, 0.1) is 5.41 Å². The van der Waals surface area contributed by atoms with Crippen LogP contribution in [0.25, 0.3) is 22.4 Å². The van der Waals surface area contributed by atoms with Crippen LogP contribution in [-0.4, -0.2) is 27.0 Å². The summed E-state index contributed by atoms with van der Waals surface area (Å²) in [5.41, 5.74) is 3.09. The van der Waals surface area contributed by atoms with Crippen molar-refractivity contribution >= 4 is 34.6 Å². The summed E-state index contributed by atoms with van der Waals surface area (Å²) in [4.78, 5) is 36.9. The zero-order chi connectivity index (χ0) is 17.4. The first-order valence-electron chi connectivity index (χ1n) is 8.54. The Morgan fingerprint density at radius 2 is 2.12 bits per heavy atom. The van der Waals surface area contributed by atoms with Crippen molar-refractivity contribution in [3.8, 4) is 11.3 Å². The molecule has 0 aliphatic heterocycles. The van der Waals surface area contributed by atoms with E-state index in [2.05, 4.69) is 21.9 Å². The van der Waals surface area contributed by atoms with E-state index < -0.39 is 0 Å². The molecule has 0 bridgehead atoms. The summed E-state index contributed by atoms with van der Waals surface area (Å²) in [5.74, 6) is 0.156. The van der Waals surface area contributed by atoms with Gasteiger partial charge in [0.25, 0.3) is 0 Å². The summed E-state index contributed by atoms with van der Waals surface area (Å²) in [7, 11) is 0. The van der Waals surface area contributed by atoms with Crippen LogP contribution < -0.4 is 0 Å². The monoisotopic (exact) mass is 353 g/mol. The number of aromatic amines is 1. The van der Waals surface area contributed by atoms with Gasteiger partial charge in [-0.2, -0.15) is 0 Å². The van der Waals surface area contributed by atoms with E-state index in [9.17, 15) is 9.59 Å². The van der Waals surface area contributed by atoms with Gasteiger partial charge in [-0.25, -0.2) is 9.97 Å². The van der Waals surface area contributed by atoms with Crippen LogP contribution in [0.3, 0.4) is 0 Å². The number of H-pyrrole nitrogens is 1. The van der Waals surface area contributed by atoms with Gasteiger partial charge in [0.2, 0.25) is 0 Å².